The standard InChI is InChI=1S/C19H31N/c1-3-5-6-7-8-10-15-19(17-20-16-4-2)18-13-11-9-12-14-18/h3,9,11-14,19-20H,1,4-8,10,15-17H2,2H3. The molecule has 0 saturated carbocycles. The predicted octanol–water partition coefficient (Wildman–Crippen LogP) is 5.30. The van der Waals surface area contributed by atoms with Crippen LogP contribution in [0.2, 0.25) is 0 Å². The van der Waals surface area contributed by atoms with E-state index in [0.717, 1.165) is 13.1 Å². The van der Waals surface area contributed by atoms with E-state index < -0.39 is 0 Å². The molecule has 0 spiro atoms. The number of hydrogen-bond donors (Lipinski definition) is 1. The van der Waals surface area contributed by atoms with Gasteiger partial charge in [0.15, 0.2) is 0 Å². The Hall–Kier alpha value is -1.08. The zero-order chi connectivity index (χ0) is 14.5. The number of hydrogen-bond acceptors (Lipinski definition) is 1. The number of benzene rings is 1. The molecule has 0 aliphatic heterocycles. The molecule has 0 aliphatic rings. The molecule has 1 unspecified atom stereocenters. The zero-order valence-electron chi connectivity index (χ0n) is 13.1. The van der Waals surface area contributed by atoms with Crippen molar-refractivity contribution in [2.24, 2.45) is 0 Å². The van der Waals surface area contributed by atoms with Crippen LogP contribution < -0.4 is 5.32 Å². The first-order chi connectivity index (χ1) is 9.88. The van der Waals surface area contributed by atoms with Crippen molar-refractivity contribution in [2.75, 3.05) is 13.1 Å². The fourth-order valence-corrected chi connectivity index (χ4v) is 2.60. The van der Waals surface area contributed by atoms with Crippen molar-refractivity contribution < 1.29 is 0 Å². The Morgan fingerprint density at radius 2 is 1.85 bits per heavy atom. The highest BCUT2D eigenvalue weighted by molar-refractivity contribution is 5.19. The van der Waals surface area contributed by atoms with Crippen LogP contribution in [-0.2, 0) is 0 Å². The van der Waals surface area contributed by atoms with E-state index >= 15 is 0 Å². The van der Waals surface area contributed by atoms with E-state index in [1.54, 1.807) is 0 Å². The van der Waals surface area contributed by atoms with E-state index in [2.05, 4.69) is 49.2 Å². The van der Waals surface area contributed by atoms with Crippen LogP contribution in [0.15, 0.2) is 43.0 Å². The van der Waals surface area contributed by atoms with E-state index in [0.29, 0.717) is 5.92 Å². The molecule has 0 amide bonds. The van der Waals surface area contributed by atoms with Gasteiger partial charge >= 0.3 is 0 Å². The van der Waals surface area contributed by atoms with Gasteiger partial charge in [0.25, 0.3) is 0 Å². The quantitative estimate of drug-likeness (QED) is 0.403. The van der Waals surface area contributed by atoms with Crippen molar-refractivity contribution in [3.8, 4) is 0 Å². The lowest BCUT2D eigenvalue weighted by atomic mass is 9.93. The molecule has 1 nitrogen and oxygen atoms in total. The summed E-state index contributed by atoms with van der Waals surface area (Å²) in [7, 11) is 0. The van der Waals surface area contributed by atoms with E-state index in [1.165, 1.54) is 50.5 Å². The smallest absolute Gasteiger partial charge is 0.00201 e. The summed E-state index contributed by atoms with van der Waals surface area (Å²) < 4.78 is 0. The topological polar surface area (TPSA) is 12.0 Å². The summed E-state index contributed by atoms with van der Waals surface area (Å²) in [5.74, 6) is 0.669. The Morgan fingerprint density at radius 3 is 2.55 bits per heavy atom. The normalized spacial score (nSPS) is 12.2. The first-order valence-electron chi connectivity index (χ1n) is 8.25. The van der Waals surface area contributed by atoms with Crippen molar-refractivity contribution in [2.45, 2.75) is 57.8 Å². The Labute approximate surface area is 125 Å². The minimum atomic E-state index is 0.669. The van der Waals surface area contributed by atoms with Gasteiger partial charge in [-0.15, -0.1) is 6.58 Å². The van der Waals surface area contributed by atoms with Gasteiger partial charge in [0.05, 0.1) is 0 Å². The van der Waals surface area contributed by atoms with Gasteiger partial charge in [-0.3, -0.25) is 0 Å². The van der Waals surface area contributed by atoms with Crippen LogP contribution in [0.5, 0.6) is 0 Å². The third-order valence-corrected chi connectivity index (χ3v) is 3.80. The summed E-state index contributed by atoms with van der Waals surface area (Å²) in [6, 6.07) is 11.0. The molecule has 0 saturated heterocycles. The van der Waals surface area contributed by atoms with Gasteiger partial charge in [0.2, 0.25) is 0 Å². The highest BCUT2D eigenvalue weighted by atomic mass is 14.8. The summed E-state index contributed by atoms with van der Waals surface area (Å²) in [5.41, 5.74) is 1.49. The Bertz CT molecular complexity index is 331. The molecule has 0 bridgehead atoms. The van der Waals surface area contributed by atoms with Crippen molar-refractivity contribution in [3.63, 3.8) is 0 Å². The third kappa shape index (κ3) is 7.49. The fraction of sp³-hybridized carbons (Fsp3) is 0.579. The van der Waals surface area contributed by atoms with Crippen LogP contribution in [0.1, 0.15) is 63.4 Å². The largest absolute Gasteiger partial charge is 0.316 e. The average Bonchev–Trinajstić information content (AvgIpc) is 2.50. The molecule has 0 fully saturated rings. The molecule has 1 heteroatoms. The second-order valence-corrected chi connectivity index (χ2v) is 5.59. The van der Waals surface area contributed by atoms with E-state index in [9.17, 15) is 0 Å². The molecule has 1 aromatic rings. The number of nitrogens with one attached hydrogen (secondary N) is 1. The van der Waals surface area contributed by atoms with Gasteiger partial charge in [0.1, 0.15) is 0 Å². The van der Waals surface area contributed by atoms with Crippen LogP contribution in [0.4, 0.5) is 0 Å². The molecule has 20 heavy (non-hydrogen) atoms. The third-order valence-electron chi connectivity index (χ3n) is 3.80. The molecule has 0 aromatic heterocycles. The number of allylic oxidation sites excluding steroid dienone is 1. The van der Waals surface area contributed by atoms with Crippen LogP contribution >= 0.6 is 0 Å². The van der Waals surface area contributed by atoms with Gasteiger partial charge in [-0.2, -0.15) is 0 Å². The average molecular weight is 273 g/mol. The predicted molar refractivity (Wildman–Crippen MR) is 90.2 cm³/mol. The number of unbranched alkanes of at least 4 members (excludes halogenated alkanes) is 4. The van der Waals surface area contributed by atoms with Gasteiger partial charge in [0, 0.05) is 6.54 Å². The second kappa shape index (κ2) is 11.7. The van der Waals surface area contributed by atoms with E-state index in [-0.39, 0.29) is 0 Å². The molecule has 1 atom stereocenters. The molecule has 0 heterocycles. The van der Waals surface area contributed by atoms with E-state index in [1.807, 2.05) is 6.08 Å². The minimum Gasteiger partial charge on any atom is -0.316 e. The lowest BCUT2D eigenvalue weighted by Crippen LogP contribution is -2.22. The second-order valence-electron chi connectivity index (χ2n) is 5.59. The highest BCUT2D eigenvalue weighted by Gasteiger charge is 2.10. The molecule has 1 N–H and O–H groups in total. The first-order valence-corrected chi connectivity index (χ1v) is 8.25. The Kier molecular flexibility index (Phi) is 9.95. The lowest BCUT2D eigenvalue weighted by molar-refractivity contribution is 0.511. The summed E-state index contributed by atoms with van der Waals surface area (Å²) in [6.07, 6.45) is 11.0. The van der Waals surface area contributed by atoms with E-state index in [4.69, 9.17) is 0 Å². The van der Waals surface area contributed by atoms with Crippen LogP contribution in [0.3, 0.4) is 0 Å². The SMILES string of the molecule is C=CCCCCCCC(CNCCC)c1ccccc1. The summed E-state index contributed by atoms with van der Waals surface area (Å²) >= 11 is 0. The molecular weight excluding hydrogens is 242 g/mol. The van der Waals surface area contributed by atoms with Gasteiger partial charge in [-0.05, 0) is 43.7 Å². The van der Waals surface area contributed by atoms with Crippen molar-refractivity contribution >= 4 is 0 Å². The Balaban J connectivity index is 2.33. The summed E-state index contributed by atoms with van der Waals surface area (Å²) in [6.45, 7) is 8.25. The summed E-state index contributed by atoms with van der Waals surface area (Å²) in [4.78, 5) is 0. The fourth-order valence-electron chi connectivity index (χ4n) is 2.60. The summed E-state index contributed by atoms with van der Waals surface area (Å²) in [5, 5.41) is 3.58. The minimum absolute atomic E-state index is 0.669. The van der Waals surface area contributed by atoms with Crippen molar-refractivity contribution in [1.29, 1.82) is 0 Å². The maximum absolute atomic E-state index is 3.78. The van der Waals surface area contributed by atoms with Crippen molar-refractivity contribution in [1.82, 2.24) is 5.32 Å². The molecular formula is C19H31N. The first kappa shape index (κ1) is 17.0. The van der Waals surface area contributed by atoms with Crippen molar-refractivity contribution in [3.05, 3.63) is 48.6 Å². The van der Waals surface area contributed by atoms with Gasteiger partial charge in [-0.25, -0.2) is 0 Å². The van der Waals surface area contributed by atoms with Gasteiger partial charge in [-0.1, -0.05) is 62.6 Å². The molecule has 1 aromatic carbocycles. The maximum Gasteiger partial charge on any atom is 0.00201 e. The molecule has 112 valence electrons. The maximum atomic E-state index is 3.78. The molecule has 1 rings (SSSR count). The van der Waals surface area contributed by atoms with Gasteiger partial charge < -0.3 is 5.32 Å². The van der Waals surface area contributed by atoms with Crippen LogP contribution in [0, 0.1) is 0 Å². The molecule has 0 radical (unpaired) electrons. The molecule has 0 aliphatic carbocycles. The monoisotopic (exact) mass is 273 g/mol. The highest BCUT2D eigenvalue weighted by Crippen LogP contribution is 2.22. The van der Waals surface area contributed by atoms with Crippen LogP contribution in [-0.4, -0.2) is 13.1 Å². The Morgan fingerprint density at radius 1 is 1.10 bits per heavy atom. The van der Waals surface area contributed by atoms with Crippen LogP contribution in [0.25, 0.3) is 0 Å². The lowest BCUT2D eigenvalue weighted by Gasteiger charge is -2.18. The number of rotatable bonds is 12. The zero-order valence-corrected chi connectivity index (χ0v) is 13.1.